The van der Waals surface area contributed by atoms with Gasteiger partial charge in [-0.3, -0.25) is 20.5 Å². The van der Waals surface area contributed by atoms with Gasteiger partial charge in [0.05, 0.1) is 13.2 Å². The van der Waals surface area contributed by atoms with E-state index in [1.807, 2.05) is 13.0 Å². The van der Waals surface area contributed by atoms with Gasteiger partial charge in [0.2, 0.25) is 0 Å². The van der Waals surface area contributed by atoms with Crippen molar-refractivity contribution in [3.8, 4) is 5.75 Å². The number of nitrogens with one attached hydrogen (secondary N) is 3. The van der Waals surface area contributed by atoms with E-state index in [0.717, 1.165) is 44.8 Å². The number of furan rings is 1. The molecule has 168 valence electrons. The topological polar surface area (TPSA) is 88.0 Å². The van der Waals surface area contributed by atoms with E-state index in [0.29, 0.717) is 28.2 Å². The fourth-order valence-corrected chi connectivity index (χ4v) is 3.43. The Morgan fingerprint density at radius 1 is 1.23 bits per heavy atom. The number of ether oxygens (including phenoxy) is 2. The molecule has 0 radical (unpaired) electrons. The quantitative estimate of drug-likeness (QED) is 0.311. The fraction of sp³-hybridized carbons (Fsp3) is 0.429. The third-order valence-electron chi connectivity index (χ3n) is 4.72. The maximum absolute atomic E-state index is 12.2. The van der Waals surface area contributed by atoms with Gasteiger partial charge in [-0.15, -0.1) is 0 Å². The number of hydrogen-bond donors (Lipinski definition) is 3. The molecule has 1 amide bonds. The first-order valence-corrected chi connectivity index (χ1v) is 10.9. The van der Waals surface area contributed by atoms with Crippen LogP contribution in [-0.2, 0) is 11.3 Å². The number of morpholine rings is 1. The molecule has 3 rings (SSSR count). The van der Waals surface area contributed by atoms with Gasteiger partial charge < -0.3 is 19.2 Å². The lowest BCUT2D eigenvalue weighted by atomic mass is 10.2. The van der Waals surface area contributed by atoms with Gasteiger partial charge in [-0.25, -0.2) is 0 Å². The van der Waals surface area contributed by atoms with Crippen LogP contribution in [0.3, 0.4) is 0 Å². The summed E-state index contributed by atoms with van der Waals surface area (Å²) in [5, 5.41) is 4.07. The summed E-state index contributed by atoms with van der Waals surface area (Å²) in [6.07, 6.45) is 0.949. The molecule has 1 fully saturated rings. The Morgan fingerprint density at radius 3 is 2.81 bits per heavy atom. The molecular formula is C21H27ClN4O4S. The van der Waals surface area contributed by atoms with Crippen LogP contribution in [0.5, 0.6) is 5.75 Å². The van der Waals surface area contributed by atoms with Crippen molar-refractivity contribution in [2.75, 3.05) is 39.4 Å². The second kappa shape index (κ2) is 11.9. The molecule has 0 saturated carbocycles. The van der Waals surface area contributed by atoms with Gasteiger partial charge in [0.15, 0.2) is 10.9 Å². The van der Waals surface area contributed by atoms with Crippen molar-refractivity contribution in [1.82, 2.24) is 21.1 Å². The number of thiocarbonyl (C=S) groups is 1. The minimum absolute atomic E-state index is 0.161. The van der Waals surface area contributed by atoms with Gasteiger partial charge in [-0.1, -0.05) is 11.6 Å². The summed E-state index contributed by atoms with van der Waals surface area (Å²) in [4.78, 5) is 14.6. The van der Waals surface area contributed by atoms with Gasteiger partial charge in [0.1, 0.15) is 18.1 Å². The number of nitrogens with zero attached hydrogens (tertiary/aromatic N) is 1. The van der Waals surface area contributed by atoms with Gasteiger partial charge in [-0.2, -0.15) is 0 Å². The number of aryl methyl sites for hydroxylation is 1. The third-order valence-corrected chi connectivity index (χ3v) is 5.20. The summed E-state index contributed by atoms with van der Waals surface area (Å²) in [7, 11) is 0. The number of amides is 1. The molecule has 31 heavy (non-hydrogen) atoms. The van der Waals surface area contributed by atoms with E-state index in [-0.39, 0.29) is 12.4 Å². The van der Waals surface area contributed by atoms with Crippen LogP contribution < -0.4 is 20.9 Å². The zero-order chi connectivity index (χ0) is 22.1. The van der Waals surface area contributed by atoms with Crippen LogP contribution >= 0.6 is 23.8 Å². The van der Waals surface area contributed by atoms with Crippen molar-refractivity contribution in [3.63, 3.8) is 0 Å². The average Bonchev–Trinajstić information content (AvgIpc) is 3.24. The first-order valence-electron chi connectivity index (χ1n) is 10.1. The predicted octanol–water partition coefficient (Wildman–Crippen LogP) is 2.65. The van der Waals surface area contributed by atoms with Crippen LogP contribution in [0, 0.1) is 6.92 Å². The minimum atomic E-state index is -0.425. The molecule has 2 aromatic rings. The van der Waals surface area contributed by atoms with Crippen LogP contribution in [0.1, 0.15) is 28.3 Å². The molecule has 0 atom stereocenters. The number of hydrazine groups is 1. The lowest BCUT2D eigenvalue weighted by molar-refractivity contribution is 0.0376. The maximum Gasteiger partial charge on any atom is 0.305 e. The van der Waals surface area contributed by atoms with Crippen molar-refractivity contribution in [2.24, 2.45) is 0 Å². The van der Waals surface area contributed by atoms with Crippen molar-refractivity contribution >= 4 is 34.8 Å². The Hall–Kier alpha value is -2.33. The Morgan fingerprint density at radius 2 is 2.03 bits per heavy atom. The summed E-state index contributed by atoms with van der Waals surface area (Å²) < 4.78 is 16.6. The number of rotatable bonds is 8. The van der Waals surface area contributed by atoms with Crippen molar-refractivity contribution in [1.29, 1.82) is 0 Å². The van der Waals surface area contributed by atoms with E-state index >= 15 is 0 Å². The van der Waals surface area contributed by atoms with E-state index in [9.17, 15) is 4.79 Å². The van der Waals surface area contributed by atoms with Gasteiger partial charge >= 0.3 is 5.91 Å². The van der Waals surface area contributed by atoms with Crippen LogP contribution in [0.2, 0.25) is 5.02 Å². The third kappa shape index (κ3) is 7.70. The lowest BCUT2D eigenvalue weighted by Crippen LogP contribution is -2.47. The molecule has 3 N–H and O–H groups in total. The van der Waals surface area contributed by atoms with Crippen molar-refractivity contribution in [2.45, 2.75) is 20.0 Å². The number of halogens is 1. The maximum atomic E-state index is 12.2. The largest absolute Gasteiger partial charge is 0.485 e. The highest BCUT2D eigenvalue weighted by Gasteiger charge is 2.13. The Labute approximate surface area is 192 Å². The highest BCUT2D eigenvalue weighted by atomic mass is 35.5. The normalized spacial score (nSPS) is 14.1. The highest BCUT2D eigenvalue weighted by Crippen LogP contribution is 2.23. The van der Waals surface area contributed by atoms with Gasteiger partial charge in [-0.05, 0) is 68.0 Å². The second-order valence-corrected chi connectivity index (χ2v) is 7.95. The summed E-state index contributed by atoms with van der Waals surface area (Å²) in [6.45, 7) is 7.33. The van der Waals surface area contributed by atoms with E-state index < -0.39 is 5.91 Å². The summed E-state index contributed by atoms with van der Waals surface area (Å²) in [5.41, 5.74) is 6.13. The molecule has 0 bridgehead atoms. The molecule has 2 heterocycles. The SMILES string of the molecule is Cc1cc(Cl)ccc1OCc1ccc(C(=O)NNC(=S)NCCCN2CCOCC2)o1. The summed E-state index contributed by atoms with van der Waals surface area (Å²) in [6, 6.07) is 8.66. The molecule has 1 saturated heterocycles. The Bertz CT molecular complexity index is 886. The molecule has 8 nitrogen and oxygen atoms in total. The van der Waals surface area contributed by atoms with E-state index in [1.165, 1.54) is 0 Å². The zero-order valence-corrected chi connectivity index (χ0v) is 19.0. The van der Waals surface area contributed by atoms with Crippen LogP contribution in [-0.4, -0.2) is 55.3 Å². The summed E-state index contributed by atoms with van der Waals surface area (Å²) >= 11 is 11.1. The Kier molecular flexibility index (Phi) is 8.96. The number of hydrogen-bond acceptors (Lipinski definition) is 6. The Balaban J connectivity index is 1.33. The minimum Gasteiger partial charge on any atom is -0.485 e. The molecule has 10 heteroatoms. The molecule has 0 unspecified atom stereocenters. The molecule has 1 aromatic heterocycles. The molecule has 0 spiro atoms. The second-order valence-electron chi connectivity index (χ2n) is 7.11. The zero-order valence-electron chi connectivity index (χ0n) is 17.4. The number of benzene rings is 1. The van der Waals surface area contributed by atoms with E-state index in [1.54, 1.807) is 24.3 Å². The van der Waals surface area contributed by atoms with Gasteiger partial charge in [0, 0.05) is 24.7 Å². The number of carbonyl (C=O) groups is 1. The molecule has 1 aliphatic rings. The van der Waals surface area contributed by atoms with Crippen LogP contribution in [0.4, 0.5) is 0 Å². The van der Waals surface area contributed by atoms with Crippen LogP contribution in [0.15, 0.2) is 34.7 Å². The van der Waals surface area contributed by atoms with E-state index in [2.05, 4.69) is 21.1 Å². The molecule has 0 aliphatic carbocycles. The van der Waals surface area contributed by atoms with Crippen LogP contribution in [0.25, 0.3) is 0 Å². The van der Waals surface area contributed by atoms with Crippen molar-refractivity contribution in [3.05, 3.63) is 52.4 Å². The fourth-order valence-electron chi connectivity index (χ4n) is 3.05. The molecular weight excluding hydrogens is 440 g/mol. The standard InChI is InChI=1S/C21H27ClN4O4S/c1-15-13-16(22)3-5-18(15)29-14-17-4-6-19(30-17)20(27)24-25-21(31)23-7-2-8-26-9-11-28-12-10-26/h3-6,13H,2,7-12,14H2,1H3,(H,24,27)(H2,23,25,31). The monoisotopic (exact) mass is 466 g/mol. The molecule has 1 aromatic carbocycles. The molecule has 1 aliphatic heterocycles. The first-order chi connectivity index (χ1) is 15.0. The average molecular weight is 467 g/mol. The lowest BCUT2D eigenvalue weighted by Gasteiger charge is -2.26. The van der Waals surface area contributed by atoms with Crippen molar-refractivity contribution < 1.29 is 18.7 Å². The summed E-state index contributed by atoms with van der Waals surface area (Å²) in [5.74, 6) is 0.974. The highest BCUT2D eigenvalue weighted by molar-refractivity contribution is 7.80. The smallest absolute Gasteiger partial charge is 0.305 e. The first kappa shape index (κ1) is 23.3. The number of carbonyl (C=O) groups excluding carboxylic acids is 1. The van der Waals surface area contributed by atoms with E-state index in [4.69, 9.17) is 37.7 Å². The predicted molar refractivity (Wildman–Crippen MR) is 122 cm³/mol. The van der Waals surface area contributed by atoms with Gasteiger partial charge in [0.25, 0.3) is 0 Å².